The van der Waals surface area contributed by atoms with E-state index in [-0.39, 0.29) is 24.2 Å². The van der Waals surface area contributed by atoms with Crippen LogP contribution in [0.1, 0.15) is 26.3 Å². The van der Waals surface area contributed by atoms with Gasteiger partial charge in [0.05, 0.1) is 6.04 Å². The quantitative estimate of drug-likeness (QED) is 0.889. The number of carbonyl (C=O) groups excluding carboxylic acids is 1. The molecule has 1 rings (SSSR count). The standard InChI is InChI=1S/C13H21N3O.ClH/c1-4-16(13(17)12(14)10(2)3)9-11-5-7-15-8-6-11;/h5-8,10,12H,4,9,14H2,1-3H3;1H/t12-;/m1./s1. The van der Waals surface area contributed by atoms with Crippen LogP contribution in [-0.2, 0) is 11.3 Å². The van der Waals surface area contributed by atoms with E-state index >= 15 is 0 Å². The Morgan fingerprint density at radius 1 is 1.39 bits per heavy atom. The molecular formula is C13H22ClN3O. The fourth-order valence-electron chi connectivity index (χ4n) is 1.55. The highest BCUT2D eigenvalue weighted by atomic mass is 35.5. The predicted octanol–water partition coefficient (Wildman–Crippen LogP) is 1.84. The van der Waals surface area contributed by atoms with E-state index in [1.165, 1.54) is 0 Å². The van der Waals surface area contributed by atoms with Gasteiger partial charge in [0.2, 0.25) is 5.91 Å². The average molecular weight is 272 g/mol. The molecule has 0 aliphatic rings. The first-order valence-corrected chi connectivity index (χ1v) is 5.99. The topological polar surface area (TPSA) is 59.2 Å². The van der Waals surface area contributed by atoms with Crippen molar-refractivity contribution in [2.75, 3.05) is 6.54 Å². The number of rotatable bonds is 5. The number of hydrogen-bond acceptors (Lipinski definition) is 3. The van der Waals surface area contributed by atoms with Crippen LogP contribution in [0.15, 0.2) is 24.5 Å². The Balaban J connectivity index is 0.00000289. The number of carbonyl (C=O) groups is 1. The average Bonchev–Trinajstić information content (AvgIpc) is 2.35. The van der Waals surface area contributed by atoms with Crippen LogP contribution in [0.5, 0.6) is 0 Å². The van der Waals surface area contributed by atoms with Crippen LogP contribution < -0.4 is 5.73 Å². The Hall–Kier alpha value is -1.13. The summed E-state index contributed by atoms with van der Waals surface area (Å²) in [4.78, 5) is 17.8. The number of likely N-dealkylation sites (N-methyl/N-ethyl adjacent to an activating group) is 1. The molecule has 4 nitrogen and oxygen atoms in total. The van der Waals surface area contributed by atoms with Crippen LogP contribution in [0.25, 0.3) is 0 Å². The Morgan fingerprint density at radius 3 is 2.39 bits per heavy atom. The van der Waals surface area contributed by atoms with Crippen LogP contribution in [0.4, 0.5) is 0 Å². The van der Waals surface area contributed by atoms with Crippen LogP contribution in [-0.4, -0.2) is 28.4 Å². The molecule has 1 heterocycles. The highest BCUT2D eigenvalue weighted by molar-refractivity contribution is 5.85. The normalized spacial score (nSPS) is 11.8. The van der Waals surface area contributed by atoms with Gasteiger partial charge in [0.25, 0.3) is 0 Å². The zero-order chi connectivity index (χ0) is 12.8. The highest BCUT2D eigenvalue weighted by Crippen LogP contribution is 2.08. The van der Waals surface area contributed by atoms with Crippen LogP contribution >= 0.6 is 12.4 Å². The molecule has 0 bridgehead atoms. The molecule has 1 amide bonds. The maximum absolute atomic E-state index is 12.1. The SMILES string of the molecule is CCN(Cc1ccncc1)C(=O)[C@H](N)C(C)C.Cl. The number of nitrogens with zero attached hydrogens (tertiary/aromatic N) is 2. The van der Waals surface area contributed by atoms with Crippen molar-refractivity contribution in [3.05, 3.63) is 30.1 Å². The van der Waals surface area contributed by atoms with Gasteiger partial charge >= 0.3 is 0 Å². The summed E-state index contributed by atoms with van der Waals surface area (Å²) in [5, 5.41) is 0. The van der Waals surface area contributed by atoms with Crippen molar-refractivity contribution in [1.29, 1.82) is 0 Å². The molecule has 0 aliphatic heterocycles. The lowest BCUT2D eigenvalue weighted by molar-refractivity contribution is -0.134. The van der Waals surface area contributed by atoms with E-state index in [4.69, 9.17) is 5.73 Å². The summed E-state index contributed by atoms with van der Waals surface area (Å²) in [6, 6.07) is 3.41. The first kappa shape index (κ1) is 16.9. The van der Waals surface area contributed by atoms with E-state index in [0.717, 1.165) is 5.56 Å². The van der Waals surface area contributed by atoms with E-state index in [0.29, 0.717) is 13.1 Å². The van der Waals surface area contributed by atoms with Gasteiger partial charge in [-0.3, -0.25) is 9.78 Å². The lowest BCUT2D eigenvalue weighted by Crippen LogP contribution is -2.46. The molecule has 0 saturated heterocycles. The number of amides is 1. The molecule has 1 aromatic heterocycles. The molecule has 1 aromatic rings. The molecule has 0 radical (unpaired) electrons. The minimum absolute atomic E-state index is 0. The zero-order valence-electron chi connectivity index (χ0n) is 11.2. The largest absolute Gasteiger partial charge is 0.337 e. The van der Waals surface area contributed by atoms with E-state index < -0.39 is 6.04 Å². The van der Waals surface area contributed by atoms with Gasteiger partial charge < -0.3 is 10.6 Å². The second-order valence-electron chi connectivity index (χ2n) is 4.48. The molecule has 0 fully saturated rings. The summed E-state index contributed by atoms with van der Waals surface area (Å²) < 4.78 is 0. The Morgan fingerprint density at radius 2 is 1.94 bits per heavy atom. The van der Waals surface area contributed by atoms with E-state index in [2.05, 4.69) is 4.98 Å². The van der Waals surface area contributed by atoms with Gasteiger partial charge in [-0.05, 0) is 30.5 Å². The summed E-state index contributed by atoms with van der Waals surface area (Å²) in [7, 11) is 0. The molecule has 0 aromatic carbocycles. The van der Waals surface area contributed by atoms with E-state index in [9.17, 15) is 4.79 Å². The summed E-state index contributed by atoms with van der Waals surface area (Å²) in [6.45, 7) is 7.15. The first-order valence-electron chi connectivity index (χ1n) is 5.99. The van der Waals surface area contributed by atoms with Crippen molar-refractivity contribution in [2.45, 2.75) is 33.4 Å². The number of halogens is 1. The van der Waals surface area contributed by atoms with Gasteiger partial charge in [-0.25, -0.2) is 0 Å². The third-order valence-electron chi connectivity index (χ3n) is 2.82. The predicted molar refractivity (Wildman–Crippen MR) is 75.4 cm³/mol. The van der Waals surface area contributed by atoms with Gasteiger partial charge in [-0.2, -0.15) is 0 Å². The van der Waals surface area contributed by atoms with Gasteiger partial charge in [0.15, 0.2) is 0 Å². The maximum atomic E-state index is 12.1. The monoisotopic (exact) mass is 271 g/mol. The number of nitrogens with two attached hydrogens (primary N) is 1. The lowest BCUT2D eigenvalue weighted by atomic mass is 10.0. The summed E-state index contributed by atoms with van der Waals surface area (Å²) in [5.41, 5.74) is 6.96. The Kier molecular flexibility index (Phi) is 7.55. The molecule has 1 atom stereocenters. The molecule has 0 spiro atoms. The maximum Gasteiger partial charge on any atom is 0.240 e. The van der Waals surface area contributed by atoms with Crippen molar-refractivity contribution >= 4 is 18.3 Å². The van der Waals surface area contributed by atoms with Crippen molar-refractivity contribution in [2.24, 2.45) is 11.7 Å². The fourth-order valence-corrected chi connectivity index (χ4v) is 1.55. The third-order valence-corrected chi connectivity index (χ3v) is 2.82. The highest BCUT2D eigenvalue weighted by Gasteiger charge is 2.22. The summed E-state index contributed by atoms with van der Waals surface area (Å²) >= 11 is 0. The van der Waals surface area contributed by atoms with Crippen molar-refractivity contribution < 1.29 is 4.79 Å². The van der Waals surface area contributed by atoms with Gasteiger partial charge in [-0.15, -0.1) is 12.4 Å². The molecule has 5 heteroatoms. The second kappa shape index (κ2) is 8.06. The fraction of sp³-hybridized carbons (Fsp3) is 0.538. The molecule has 102 valence electrons. The molecule has 0 aliphatic carbocycles. The third kappa shape index (κ3) is 4.63. The van der Waals surface area contributed by atoms with Crippen molar-refractivity contribution in [3.63, 3.8) is 0 Å². The van der Waals surface area contributed by atoms with Crippen LogP contribution in [0, 0.1) is 5.92 Å². The number of hydrogen-bond donors (Lipinski definition) is 1. The smallest absolute Gasteiger partial charge is 0.240 e. The van der Waals surface area contributed by atoms with Crippen LogP contribution in [0.3, 0.4) is 0 Å². The number of aromatic nitrogens is 1. The Bertz CT molecular complexity index is 357. The molecule has 0 unspecified atom stereocenters. The van der Waals surface area contributed by atoms with Gasteiger partial charge in [0.1, 0.15) is 0 Å². The molecule has 18 heavy (non-hydrogen) atoms. The minimum Gasteiger partial charge on any atom is -0.337 e. The Labute approximate surface area is 115 Å². The minimum atomic E-state index is -0.420. The summed E-state index contributed by atoms with van der Waals surface area (Å²) in [6.07, 6.45) is 3.46. The van der Waals surface area contributed by atoms with Crippen molar-refractivity contribution in [3.8, 4) is 0 Å². The summed E-state index contributed by atoms with van der Waals surface area (Å²) in [5.74, 6) is 0.174. The van der Waals surface area contributed by atoms with Crippen molar-refractivity contribution in [1.82, 2.24) is 9.88 Å². The van der Waals surface area contributed by atoms with Gasteiger partial charge in [0, 0.05) is 25.5 Å². The zero-order valence-corrected chi connectivity index (χ0v) is 12.0. The molecule has 0 saturated carbocycles. The molecule has 2 N–H and O–H groups in total. The second-order valence-corrected chi connectivity index (χ2v) is 4.48. The van der Waals surface area contributed by atoms with Gasteiger partial charge in [-0.1, -0.05) is 13.8 Å². The molecular weight excluding hydrogens is 250 g/mol. The lowest BCUT2D eigenvalue weighted by Gasteiger charge is -2.26. The first-order chi connectivity index (χ1) is 8.06. The number of pyridine rings is 1. The van der Waals surface area contributed by atoms with E-state index in [1.807, 2.05) is 32.9 Å². The van der Waals surface area contributed by atoms with Crippen LogP contribution in [0.2, 0.25) is 0 Å². The van der Waals surface area contributed by atoms with E-state index in [1.54, 1.807) is 17.3 Å².